The third kappa shape index (κ3) is 11.3. The van der Waals surface area contributed by atoms with Gasteiger partial charge in [0.1, 0.15) is 0 Å². The number of methoxy groups -OCH3 is 1. The number of esters is 1. The molecule has 0 unspecified atom stereocenters. The minimum atomic E-state index is -1.00. The van der Waals surface area contributed by atoms with E-state index in [2.05, 4.69) is 0 Å². The number of carboxylic acids is 3. The Labute approximate surface area is 169 Å². The molecule has 1 rings (SSSR count). The molecule has 1 saturated heterocycles. The van der Waals surface area contributed by atoms with Crippen LogP contribution in [0.1, 0.15) is 0 Å². The SMILES string of the molecule is COC(=O)CN1CCN(CC(=O)O)CCN(CC(=O)O)CCN(CC(=O)O)CC1. The molecule has 12 heteroatoms. The van der Waals surface area contributed by atoms with E-state index in [0.717, 1.165) is 0 Å². The largest absolute Gasteiger partial charge is 0.480 e. The third-order valence-electron chi connectivity index (χ3n) is 4.59. The molecule has 12 nitrogen and oxygen atoms in total. The lowest BCUT2D eigenvalue weighted by Crippen LogP contribution is -2.49. The van der Waals surface area contributed by atoms with Crippen LogP contribution in [0.4, 0.5) is 0 Å². The highest BCUT2D eigenvalue weighted by Gasteiger charge is 2.21. The summed E-state index contributed by atoms with van der Waals surface area (Å²) in [5.41, 5.74) is 0. The predicted molar refractivity (Wildman–Crippen MR) is 101 cm³/mol. The number of carboxylic acid groups (broad SMARTS) is 3. The van der Waals surface area contributed by atoms with Gasteiger partial charge in [-0.15, -0.1) is 0 Å². The van der Waals surface area contributed by atoms with Crippen molar-refractivity contribution in [1.29, 1.82) is 0 Å². The van der Waals surface area contributed by atoms with Crippen LogP contribution >= 0.6 is 0 Å². The lowest BCUT2D eigenvalue weighted by Gasteiger charge is -2.32. The Morgan fingerprint density at radius 3 is 1.03 bits per heavy atom. The van der Waals surface area contributed by atoms with Crippen molar-refractivity contribution >= 4 is 23.9 Å². The zero-order valence-electron chi connectivity index (χ0n) is 16.7. The second-order valence-electron chi connectivity index (χ2n) is 6.86. The van der Waals surface area contributed by atoms with E-state index in [0.29, 0.717) is 52.4 Å². The lowest BCUT2D eigenvalue weighted by atomic mass is 10.3. The van der Waals surface area contributed by atoms with Crippen LogP contribution in [-0.2, 0) is 23.9 Å². The van der Waals surface area contributed by atoms with Gasteiger partial charge in [-0.1, -0.05) is 0 Å². The topological polar surface area (TPSA) is 151 Å². The van der Waals surface area contributed by atoms with Gasteiger partial charge < -0.3 is 20.1 Å². The quantitative estimate of drug-likeness (QED) is 0.361. The summed E-state index contributed by atoms with van der Waals surface area (Å²) in [6, 6.07) is 0. The van der Waals surface area contributed by atoms with Crippen molar-refractivity contribution in [3.63, 3.8) is 0 Å². The average molecular weight is 418 g/mol. The molecule has 0 bridgehead atoms. The maximum absolute atomic E-state index is 11.7. The van der Waals surface area contributed by atoms with Crippen LogP contribution in [0.2, 0.25) is 0 Å². The molecular formula is C17H30N4O8. The van der Waals surface area contributed by atoms with Gasteiger partial charge in [0.25, 0.3) is 0 Å². The van der Waals surface area contributed by atoms with Crippen LogP contribution in [0.25, 0.3) is 0 Å². The molecule has 3 N–H and O–H groups in total. The summed E-state index contributed by atoms with van der Waals surface area (Å²) < 4.78 is 4.70. The van der Waals surface area contributed by atoms with Crippen LogP contribution in [0, 0.1) is 0 Å². The second kappa shape index (κ2) is 13.0. The van der Waals surface area contributed by atoms with Gasteiger partial charge in [0, 0.05) is 52.4 Å². The van der Waals surface area contributed by atoms with Crippen molar-refractivity contribution < 1.29 is 39.2 Å². The van der Waals surface area contributed by atoms with Crippen LogP contribution in [0.15, 0.2) is 0 Å². The maximum atomic E-state index is 11.7. The number of carbonyl (C=O) groups is 4. The normalized spacial score (nSPS) is 19.1. The van der Waals surface area contributed by atoms with E-state index >= 15 is 0 Å². The van der Waals surface area contributed by atoms with Crippen molar-refractivity contribution in [2.24, 2.45) is 0 Å². The highest BCUT2D eigenvalue weighted by Crippen LogP contribution is 2.01. The molecule has 1 fully saturated rings. The highest BCUT2D eigenvalue weighted by atomic mass is 16.5. The van der Waals surface area contributed by atoms with E-state index in [1.807, 2.05) is 0 Å². The number of hydrogen-bond donors (Lipinski definition) is 3. The molecule has 0 aromatic rings. The second-order valence-corrected chi connectivity index (χ2v) is 6.86. The van der Waals surface area contributed by atoms with Crippen LogP contribution in [0.3, 0.4) is 0 Å². The van der Waals surface area contributed by atoms with Crippen molar-refractivity contribution in [2.75, 3.05) is 85.6 Å². The smallest absolute Gasteiger partial charge is 0.319 e. The van der Waals surface area contributed by atoms with Crippen molar-refractivity contribution in [2.45, 2.75) is 0 Å². The molecule has 1 aliphatic heterocycles. The molecule has 0 aromatic heterocycles. The Balaban J connectivity index is 2.92. The molecule has 0 aromatic carbocycles. The summed E-state index contributed by atoms with van der Waals surface area (Å²) in [7, 11) is 1.28. The molecule has 0 aliphatic carbocycles. The summed E-state index contributed by atoms with van der Waals surface area (Å²) in [6.07, 6.45) is 0. The zero-order chi connectivity index (χ0) is 21.8. The minimum Gasteiger partial charge on any atom is -0.480 e. The van der Waals surface area contributed by atoms with Gasteiger partial charge in [0.15, 0.2) is 0 Å². The molecule has 166 valence electrons. The van der Waals surface area contributed by atoms with Gasteiger partial charge >= 0.3 is 23.9 Å². The Morgan fingerprint density at radius 1 is 0.586 bits per heavy atom. The van der Waals surface area contributed by atoms with Crippen molar-refractivity contribution in [3.05, 3.63) is 0 Å². The molecule has 29 heavy (non-hydrogen) atoms. The van der Waals surface area contributed by atoms with Gasteiger partial charge in [0.2, 0.25) is 0 Å². The summed E-state index contributed by atoms with van der Waals surface area (Å²) in [5.74, 6) is -3.42. The number of nitrogens with zero attached hydrogens (tertiary/aromatic N) is 4. The zero-order valence-corrected chi connectivity index (χ0v) is 16.7. The fourth-order valence-corrected chi connectivity index (χ4v) is 3.03. The number of rotatable bonds is 8. The average Bonchev–Trinajstić information content (AvgIpc) is 2.62. The number of carbonyl (C=O) groups excluding carboxylic acids is 1. The first-order chi connectivity index (χ1) is 13.7. The van der Waals surface area contributed by atoms with Crippen LogP contribution in [0.5, 0.6) is 0 Å². The van der Waals surface area contributed by atoms with E-state index in [9.17, 15) is 19.2 Å². The summed E-state index contributed by atoms with van der Waals surface area (Å²) in [5, 5.41) is 27.4. The number of hydrogen-bond acceptors (Lipinski definition) is 9. The van der Waals surface area contributed by atoms with Gasteiger partial charge in [-0.2, -0.15) is 0 Å². The molecular weight excluding hydrogens is 388 g/mol. The maximum Gasteiger partial charge on any atom is 0.319 e. The molecule has 0 spiro atoms. The van der Waals surface area contributed by atoms with Crippen molar-refractivity contribution in [1.82, 2.24) is 19.6 Å². The Hall–Kier alpha value is -2.28. The number of ether oxygens (including phenoxy) is 1. The van der Waals surface area contributed by atoms with Crippen molar-refractivity contribution in [3.8, 4) is 0 Å². The summed E-state index contributed by atoms with van der Waals surface area (Å²) >= 11 is 0. The molecule has 0 radical (unpaired) electrons. The lowest BCUT2D eigenvalue weighted by molar-refractivity contribution is -0.143. The van der Waals surface area contributed by atoms with Gasteiger partial charge in [-0.25, -0.2) is 0 Å². The van der Waals surface area contributed by atoms with E-state index in [4.69, 9.17) is 20.1 Å². The van der Waals surface area contributed by atoms with Crippen LogP contribution in [-0.4, -0.2) is 144 Å². The van der Waals surface area contributed by atoms with E-state index in [1.54, 1.807) is 19.6 Å². The van der Waals surface area contributed by atoms with Crippen LogP contribution < -0.4 is 0 Å². The predicted octanol–water partition coefficient (Wildman–Crippen LogP) is -2.37. The molecule has 0 amide bonds. The first-order valence-corrected chi connectivity index (χ1v) is 9.31. The minimum absolute atomic E-state index is 0.0173. The van der Waals surface area contributed by atoms with Gasteiger partial charge in [-0.3, -0.25) is 38.8 Å². The van der Waals surface area contributed by atoms with Gasteiger partial charge in [0.05, 0.1) is 33.3 Å². The fraction of sp³-hybridized carbons (Fsp3) is 0.765. The summed E-state index contributed by atoms with van der Waals surface area (Å²) in [6.45, 7) is 2.26. The Kier molecular flexibility index (Phi) is 11.1. The molecule has 0 saturated carbocycles. The third-order valence-corrected chi connectivity index (χ3v) is 4.59. The van der Waals surface area contributed by atoms with E-state index < -0.39 is 23.9 Å². The number of aliphatic carboxylic acids is 3. The highest BCUT2D eigenvalue weighted by molar-refractivity contribution is 5.71. The summed E-state index contributed by atoms with van der Waals surface area (Å²) in [4.78, 5) is 52.0. The molecule has 1 aliphatic rings. The standard InChI is InChI=1S/C17H30N4O8/c1-29-17(28)13-21-8-6-19(11-15(24)25)4-2-18(10-14(22)23)3-5-20(7-9-21)12-16(26)27/h2-13H2,1H3,(H,22,23)(H,24,25)(H,26,27). The molecule has 1 heterocycles. The first kappa shape index (κ1) is 24.8. The molecule has 0 atom stereocenters. The van der Waals surface area contributed by atoms with Gasteiger partial charge in [-0.05, 0) is 0 Å². The van der Waals surface area contributed by atoms with E-state index in [1.165, 1.54) is 7.11 Å². The monoisotopic (exact) mass is 418 g/mol. The fourth-order valence-electron chi connectivity index (χ4n) is 3.03. The Morgan fingerprint density at radius 2 is 0.828 bits per heavy atom. The first-order valence-electron chi connectivity index (χ1n) is 9.31. The van der Waals surface area contributed by atoms with E-state index in [-0.39, 0.29) is 26.2 Å². The Bertz CT molecular complexity index is 542.